The average Bonchev–Trinajstić information content (AvgIpc) is 2.96. The number of hydrogen-bond donors (Lipinski definition) is 1. The second-order valence-electron chi connectivity index (χ2n) is 6.40. The molecule has 4 nitrogen and oxygen atoms in total. The molecule has 2 unspecified atom stereocenters. The predicted molar refractivity (Wildman–Crippen MR) is 79.6 cm³/mol. The third-order valence-electron chi connectivity index (χ3n) is 4.81. The van der Waals surface area contributed by atoms with E-state index in [1.165, 1.54) is 38.5 Å². The molecule has 20 heavy (non-hydrogen) atoms. The van der Waals surface area contributed by atoms with Crippen molar-refractivity contribution in [1.29, 1.82) is 0 Å². The fourth-order valence-corrected chi connectivity index (χ4v) is 3.38. The molecule has 1 N–H and O–H groups in total. The van der Waals surface area contributed by atoms with E-state index >= 15 is 0 Å². The van der Waals surface area contributed by atoms with Gasteiger partial charge in [0.25, 0.3) is 0 Å². The van der Waals surface area contributed by atoms with Crippen LogP contribution in [-0.2, 0) is 11.3 Å². The van der Waals surface area contributed by atoms with Crippen LogP contribution in [0.15, 0.2) is 12.3 Å². The average molecular weight is 277 g/mol. The van der Waals surface area contributed by atoms with Crippen molar-refractivity contribution >= 4 is 0 Å². The molecule has 1 aromatic heterocycles. The van der Waals surface area contributed by atoms with Crippen molar-refractivity contribution in [3.05, 3.63) is 18.0 Å². The first-order valence-electron chi connectivity index (χ1n) is 8.19. The van der Waals surface area contributed by atoms with Crippen molar-refractivity contribution in [3.8, 4) is 0 Å². The van der Waals surface area contributed by atoms with Crippen LogP contribution < -0.4 is 5.32 Å². The zero-order valence-electron chi connectivity index (χ0n) is 12.6. The normalized spacial score (nSPS) is 28.6. The first kappa shape index (κ1) is 14.1. The standard InChI is InChI=1S/C16H27N3O/c1-13-7-9-17-11-16(13)20-12-14-8-10-19(18-14)15-5-3-2-4-6-15/h8,10,13,15-17H,2-7,9,11-12H2,1H3. The lowest BCUT2D eigenvalue weighted by atomic mass is 9.96. The zero-order valence-corrected chi connectivity index (χ0v) is 12.6. The highest BCUT2D eigenvalue weighted by Crippen LogP contribution is 2.27. The molecule has 0 aromatic carbocycles. The molecule has 112 valence electrons. The molecule has 1 aliphatic heterocycles. The number of hydrogen-bond acceptors (Lipinski definition) is 3. The molecule has 2 fully saturated rings. The maximum atomic E-state index is 6.04. The molecule has 0 amide bonds. The summed E-state index contributed by atoms with van der Waals surface area (Å²) in [7, 11) is 0. The van der Waals surface area contributed by atoms with E-state index < -0.39 is 0 Å². The highest BCUT2D eigenvalue weighted by Gasteiger charge is 2.22. The number of aromatic nitrogens is 2. The summed E-state index contributed by atoms with van der Waals surface area (Å²) in [5.41, 5.74) is 1.08. The summed E-state index contributed by atoms with van der Waals surface area (Å²) in [5, 5.41) is 8.12. The lowest BCUT2D eigenvalue weighted by Crippen LogP contribution is -2.40. The van der Waals surface area contributed by atoms with E-state index in [2.05, 4.69) is 29.2 Å². The van der Waals surface area contributed by atoms with Crippen LogP contribution >= 0.6 is 0 Å². The molecule has 1 aromatic rings. The Morgan fingerprint density at radius 2 is 2.15 bits per heavy atom. The van der Waals surface area contributed by atoms with Gasteiger partial charge in [-0.2, -0.15) is 5.10 Å². The van der Waals surface area contributed by atoms with Gasteiger partial charge in [0, 0.05) is 12.7 Å². The monoisotopic (exact) mass is 277 g/mol. The second-order valence-corrected chi connectivity index (χ2v) is 6.40. The van der Waals surface area contributed by atoms with Gasteiger partial charge in [-0.05, 0) is 37.8 Å². The summed E-state index contributed by atoms with van der Waals surface area (Å²) in [4.78, 5) is 0. The van der Waals surface area contributed by atoms with Crippen molar-refractivity contribution < 1.29 is 4.74 Å². The molecular weight excluding hydrogens is 250 g/mol. The van der Waals surface area contributed by atoms with Crippen LogP contribution in [0.1, 0.15) is 57.2 Å². The van der Waals surface area contributed by atoms with Crippen LogP contribution in [0, 0.1) is 5.92 Å². The van der Waals surface area contributed by atoms with Gasteiger partial charge in [0.05, 0.1) is 24.4 Å². The Morgan fingerprint density at radius 1 is 1.30 bits per heavy atom. The third-order valence-corrected chi connectivity index (χ3v) is 4.81. The quantitative estimate of drug-likeness (QED) is 0.919. The molecule has 0 spiro atoms. The van der Waals surface area contributed by atoms with Gasteiger partial charge < -0.3 is 10.1 Å². The van der Waals surface area contributed by atoms with Crippen LogP contribution in [0.25, 0.3) is 0 Å². The molecule has 2 atom stereocenters. The highest BCUT2D eigenvalue weighted by molar-refractivity contribution is 4.98. The summed E-state index contributed by atoms with van der Waals surface area (Å²) in [6.07, 6.45) is 10.3. The Balaban J connectivity index is 1.51. The molecule has 1 saturated heterocycles. The predicted octanol–water partition coefficient (Wildman–Crippen LogP) is 2.90. The van der Waals surface area contributed by atoms with Crippen molar-refractivity contribution in [2.75, 3.05) is 13.1 Å². The van der Waals surface area contributed by atoms with Gasteiger partial charge in [0.15, 0.2) is 0 Å². The molecule has 2 aliphatic rings. The first-order valence-corrected chi connectivity index (χ1v) is 8.19. The summed E-state index contributed by atoms with van der Waals surface area (Å²) in [5.74, 6) is 0.650. The maximum absolute atomic E-state index is 6.04. The van der Waals surface area contributed by atoms with Crippen LogP contribution in [0.4, 0.5) is 0 Å². The number of piperidine rings is 1. The van der Waals surface area contributed by atoms with Crippen molar-refractivity contribution in [1.82, 2.24) is 15.1 Å². The zero-order chi connectivity index (χ0) is 13.8. The lowest BCUT2D eigenvalue weighted by molar-refractivity contribution is -0.00823. The van der Waals surface area contributed by atoms with Crippen molar-refractivity contribution in [2.45, 2.75) is 64.2 Å². The molecule has 0 bridgehead atoms. The van der Waals surface area contributed by atoms with Crippen LogP contribution in [0.2, 0.25) is 0 Å². The molecule has 0 radical (unpaired) electrons. The van der Waals surface area contributed by atoms with Gasteiger partial charge in [-0.1, -0.05) is 26.2 Å². The van der Waals surface area contributed by atoms with Gasteiger partial charge >= 0.3 is 0 Å². The molecule has 4 heteroatoms. The van der Waals surface area contributed by atoms with Crippen LogP contribution in [0.5, 0.6) is 0 Å². The third kappa shape index (κ3) is 3.41. The number of rotatable bonds is 4. The smallest absolute Gasteiger partial charge is 0.0910 e. The molecule has 3 rings (SSSR count). The summed E-state index contributed by atoms with van der Waals surface area (Å²) in [6.45, 7) is 5.03. The number of ether oxygens (including phenoxy) is 1. The summed E-state index contributed by atoms with van der Waals surface area (Å²) < 4.78 is 8.21. The van der Waals surface area contributed by atoms with E-state index in [0.29, 0.717) is 24.7 Å². The molecule has 2 heterocycles. The Labute approximate surface area is 121 Å². The van der Waals surface area contributed by atoms with Crippen molar-refractivity contribution in [3.63, 3.8) is 0 Å². The van der Waals surface area contributed by atoms with Gasteiger partial charge in [-0.15, -0.1) is 0 Å². The van der Waals surface area contributed by atoms with Gasteiger partial charge in [-0.3, -0.25) is 4.68 Å². The minimum absolute atomic E-state index is 0.337. The minimum Gasteiger partial charge on any atom is -0.370 e. The van der Waals surface area contributed by atoms with Crippen molar-refractivity contribution in [2.24, 2.45) is 5.92 Å². The fourth-order valence-electron chi connectivity index (χ4n) is 3.38. The molecule has 1 saturated carbocycles. The van der Waals surface area contributed by atoms with E-state index in [-0.39, 0.29) is 0 Å². The van der Waals surface area contributed by atoms with Gasteiger partial charge in [-0.25, -0.2) is 0 Å². The summed E-state index contributed by atoms with van der Waals surface area (Å²) in [6, 6.07) is 2.74. The topological polar surface area (TPSA) is 39.1 Å². The van der Waals surface area contributed by atoms with E-state index in [4.69, 9.17) is 9.84 Å². The highest BCUT2D eigenvalue weighted by atomic mass is 16.5. The molecule has 1 aliphatic carbocycles. The van der Waals surface area contributed by atoms with Gasteiger partial charge in [0.2, 0.25) is 0 Å². The Kier molecular flexibility index (Phi) is 4.73. The van der Waals surface area contributed by atoms with Crippen LogP contribution in [-0.4, -0.2) is 29.0 Å². The molecular formula is C16H27N3O. The first-order chi connectivity index (χ1) is 9.83. The second kappa shape index (κ2) is 6.72. The van der Waals surface area contributed by atoms with E-state index in [1.54, 1.807) is 0 Å². The Hall–Kier alpha value is -0.870. The van der Waals surface area contributed by atoms with Gasteiger partial charge in [0.1, 0.15) is 0 Å². The Morgan fingerprint density at radius 3 is 2.95 bits per heavy atom. The minimum atomic E-state index is 0.337. The summed E-state index contributed by atoms with van der Waals surface area (Å²) >= 11 is 0. The lowest BCUT2D eigenvalue weighted by Gasteiger charge is -2.29. The fraction of sp³-hybridized carbons (Fsp3) is 0.812. The van der Waals surface area contributed by atoms with Crippen LogP contribution in [0.3, 0.4) is 0 Å². The largest absolute Gasteiger partial charge is 0.370 e. The number of nitrogens with zero attached hydrogens (tertiary/aromatic N) is 2. The maximum Gasteiger partial charge on any atom is 0.0910 e. The number of nitrogens with one attached hydrogen (secondary N) is 1. The van der Waals surface area contributed by atoms with E-state index in [1.807, 2.05) is 0 Å². The van der Waals surface area contributed by atoms with E-state index in [9.17, 15) is 0 Å². The SMILES string of the molecule is CC1CCNCC1OCc1ccn(C2CCCCC2)n1. The van der Waals surface area contributed by atoms with E-state index in [0.717, 1.165) is 18.8 Å². The Bertz CT molecular complexity index is 412.